The average molecular weight is 1870 g/mol. The molecule has 0 bridgehead atoms. The minimum absolute atomic E-state index is 0.550. The lowest BCUT2D eigenvalue weighted by molar-refractivity contribution is 0.620. The molecule has 0 aliphatic rings. The number of nitrogens with zero attached hydrogens (tertiary/aromatic N) is 13. The number of rotatable bonds is 12. The summed E-state index contributed by atoms with van der Waals surface area (Å²) in [7, 11) is 0. The first-order chi connectivity index (χ1) is 69.8. The molecule has 30 rings (SSSR count). The number of hydrogen-bond acceptors (Lipinski definition) is 20. The van der Waals surface area contributed by atoms with Crippen LogP contribution in [0.5, 0.6) is 0 Å². The minimum Gasteiger partial charge on any atom is -0.456 e. The number of fused-ring (bicyclic) bond motifs is 21. The van der Waals surface area contributed by atoms with Crippen molar-refractivity contribution in [2.24, 2.45) is 0 Å². The zero-order chi connectivity index (χ0) is 92.7. The Kier molecular flexibility index (Phi) is 19.0. The van der Waals surface area contributed by atoms with Crippen LogP contribution in [0.2, 0.25) is 0 Å². The maximum atomic E-state index is 6.42. The Bertz CT molecular complexity index is 10100. The highest BCUT2D eigenvalue weighted by Crippen LogP contribution is 2.50. The van der Waals surface area contributed by atoms with E-state index in [9.17, 15) is 0 Å². The highest BCUT2D eigenvalue weighted by atomic mass is 32.1. The Morgan fingerprint density at radius 1 is 0.177 bits per heavy atom. The van der Waals surface area contributed by atoms with Crippen molar-refractivity contribution in [2.45, 2.75) is 0 Å². The highest BCUT2D eigenvalue weighted by Gasteiger charge is 2.29. The van der Waals surface area contributed by atoms with E-state index in [1.54, 1.807) is 34.0 Å². The topological polar surface area (TPSA) is 225 Å². The molecule has 0 saturated carbocycles. The molecule has 30 aromatic rings. The van der Waals surface area contributed by atoms with E-state index in [4.69, 9.17) is 81.9 Å². The van der Waals surface area contributed by atoms with E-state index in [0.717, 1.165) is 221 Å². The number of benzene rings is 18. The zero-order valence-corrected chi connectivity index (χ0v) is 76.7. The van der Waals surface area contributed by atoms with Crippen LogP contribution in [0.1, 0.15) is 0 Å². The molecule has 0 aliphatic heterocycles. The molecule has 18 aromatic carbocycles. The lowest BCUT2D eigenvalue weighted by Gasteiger charge is -2.12. The number of thiophene rings is 3. The molecule has 0 unspecified atom stereocenters. The van der Waals surface area contributed by atoms with E-state index in [1.807, 2.05) is 218 Å². The molecule has 12 aromatic heterocycles. The van der Waals surface area contributed by atoms with Gasteiger partial charge in [0.2, 0.25) is 23.6 Å². The summed E-state index contributed by atoms with van der Waals surface area (Å²) in [5, 5.41) is 12.9. The number of aromatic nitrogens is 13. The van der Waals surface area contributed by atoms with Crippen molar-refractivity contribution in [2.75, 3.05) is 0 Å². The van der Waals surface area contributed by atoms with E-state index in [2.05, 4.69) is 193 Å². The standard InChI is InChI=1S/C40H23N5OS.2C40H22N4O2S/c1-2-12-24(13-3-1)37-42-38(44-40(43-37)45-30-19-7-4-14-25(30)26-15-5-8-20-31(26)45)27-16-10-22-33-35(27)36-28(17-11-23-34(36)47-33)39-41-29-18-6-9-21-32(29)46-39;1-2-11-23(12-3-1)37-42-38(44-39(43-37)28-17-8-14-25-24-13-4-6-19-30(24)45-36(25)28)26-15-9-21-32-34(26)35-27(16-10-22-33(35)47-32)40-41-29-18-5-7-20-31(29)46-40;1-2-10-23(11-3-1)37-42-38(24-20-21-26-25-12-4-6-16-30(25)45-32(26)22-24)44-39(43-37)27-13-8-18-33-35(27)36-28(14-9-19-34(36)47-33)40-41-29-15-5-7-17-31(29)46-40/h1-23H;2*1-22H. The van der Waals surface area contributed by atoms with Gasteiger partial charge < -0.3 is 22.1 Å². The summed E-state index contributed by atoms with van der Waals surface area (Å²) < 4.78 is 40.5. The van der Waals surface area contributed by atoms with Crippen LogP contribution in [-0.4, -0.2) is 64.4 Å². The molecule has 0 atom stereocenters. The van der Waals surface area contributed by atoms with E-state index < -0.39 is 0 Å². The maximum Gasteiger partial charge on any atom is 0.238 e. The van der Waals surface area contributed by atoms with Crippen molar-refractivity contribution in [3.05, 3.63) is 406 Å². The normalized spacial score (nSPS) is 11.8. The molecule has 0 spiro atoms. The van der Waals surface area contributed by atoms with Gasteiger partial charge in [-0.1, -0.05) is 273 Å². The molecular weight excluding hydrogens is 1800 g/mol. The monoisotopic (exact) mass is 1870 g/mol. The molecule has 0 radical (unpaired) electrons. The minimum atomic E-state index is 0.550. The van der Waals surface area contributed by atoms with Gasteiger partial charge in [-0.05, 0) is 133 Å². The van der Waals surface area contributed by atoms with Gasteiger partial charge in [0.25, 0.3) is 0 Å². The summed E-state index contributed by atoms with van der Waals surface area (Å²) in [6.45, 7) is 0. The fourth-order valence-electron chi connectivity index (χ4n) is 19.6. The Hall–Kier alpha value is -18.5. The number of hydrogen-bond donors (Lipinski definition) is 0. The summed E-state index contributed by atoms with van der Waals surface area (Å²) in [4.78, 5) is 60.6. The fraction of sp³-hybridized carbons (Fsp3) is 0. The van der Waals surface area contributed by atoms with Crippen LogP contribution < -0.4 is 0 Å². The van der Waals surface area contributed by atoms with Crippen molar-refractivity contribution in [3.8, 4) is 131 Å². The van der Waals surface area contributed by atoms with Gasteiger partial charge >= 0.3 is 0 Å². The Morgan fingerprint density at radius 3 is 0.901 bits per heavy atom. The molecule has 21 heteroatoms. The van der Waals surface area contributed by atoms with Gasteiger partial charge in [-0.3, -0.25) is 4.57 Å². The molecule has 12 heterocycles. The van der Waals surface area contributed by atoms with Gasteiger partial charge in [0.15, 0.2) is 63.3 Å². The van der Waals surface area contributed by atoms with Gasteiger partial charge in [-0.25, -0.2) is 49.8 Å². The Morgan fingerprint density at radius 2 is 0.468 bits per heavy atom. The summed E-state index contributed by atoms with van der Waals surface area (Å²) in [5.74, 6) is 7.06. The van der Waals surface area contributed by atoms with Crippen molar-refractivity contribution in [1.82, 2.24) is 64.4 Å². The molecule has 660 valence electrons. The maximum absolute atomic E-state index is 6.42. The fourth-order valence-corrected chi connectivity index (χ4v) is 23.0. The lowest BCUT2D eigenvalue weighted by atomic mass is 10.0. The summed E-state index contributed by atoms with van der Waals surface area (Å²) in [6.07, 6.45) is 0. The Labute approximate surface area is 811 Å². The van der Waals surface area contributed by atoms with Gasteiger partial charge in [-0.2, -0.15) is 9.97 Å². The second-order valence-electron chi connectivity index (χ2n) is 34.3. The molecule has 0 aliphatic carbocycles. The van der Waals surface area contributed by atoms with Crippen LogP contribution in [0.3, 0.4) is 0 Å². The van der Waals surface area contributed by atoms with Crippen molar-refractivity contribution < 1.29 is 22.1 Å². The van der Waals surface area contributed by atoms with Crippen molar-refractivity contribution in [1.29, 1.82) is 0 Å². The smallest absolute Gasteiger partial charge is 0.238 e. The van der Waals surface area contributed by atoms with Gasteiger partial charge in [0.05, 0.1) is 16.6 Å². The van der Waals surface area contributed by atoms with Crippen LogP contribution in [-0.2, 0) is 0 Å². The van der Waals surface area contributed by atoms with Crippen LogP contribution >= 0.6 is 34.0 Å². The molecule has 0 N–H and O–H groups in total. The average Bonchev–Trinajstić information content (AvgIpc) is 1.59. The predicted molar refractivity (Wildman–Crippen MR) is 570 cm³/mol. The summed E-state index contributed by atoms with van der Waals surface area (Å²) in [5.41, 5.74) is 20.1. The zero-order valence-electron chi connectivity index (χ0n) is 74.3. The van der Waals surface area contributed by atoms with Crippen LogP contribution in [0, 0.1) is 0 Å². The first-order valence-electron chi connectivity index (χ1n) is 46.0. The van der Waals surface area contributed by atoms with Crippen molar-refractivity contribution in [3.63, 3.8) is 0 Å². The largest absolute Gasteiger partial charge is 0.456 e. The van der Waals surface area contributed by atoms with E-state index in [-0.39, 0.29) is 0 Å². The van der Waals surface area contributed by atoms with Crippen LogP contribution in [0.25, 0.3) is 291 Å². The summed E-state index contributed by atoms with van der Waals surface area (Å²) in [6, 6.07) is 137. The number of furan rings is 2. The number of oxazole rings is 3. The first kappa shape index (κ1) is 80.9. The van der Waals surface area contributed by atoms with Gasteiger partial charge in [0.1, 0.15) is 38.9 Å². The van der Waals surface area contributed by atoms with E-state index in [1.165, 1.54) is 0 Å². The second kappa shape index (κ2) is 33.2. The first-order valence-corrected chi connectivity index (χ1v) is 48.5. The van der Waals surface area contributed by atoms with E-state index in [0.29, 0.717) is 70.2 Å². The quantitative estimate of drug-likeness (QED) is 0.111. The predicted octanol–water partition coefficient (Wildman–Crippen LogP) is 32.4. The lowest BCUT2D eigenvalue weighted by Crippen LogP contribution is -2.06. The Balaban J connectivity index is 0.000000104. The molecule has 0 saturated heterocycles. The molecular formula is C120H67N13O5S3. The highest BCUT2D eigenvalue weighted by molar-refractivity contribution is 7.27. The third kappa shape index (κ3) is 13.9. The SMILES string of the molecule is c1ccc(-c2nc(-c3ccc4c(c3)oc3ccccc34)nc(-c3cccc4sc5cccc(-c6nc7ccccc7o6)c5c34)n2)cc1.c1ccc(-c2nc(-c3cccc4c3oc3ccccc34)nc(-c3cccc4sc5cccc(-c6nc7ccccc7o6)c5c34)n2)cc1.c1ccc(-c2nc(-c3cccc4sc5cccc(-c6nc7ccccc7o6)c5c34)nc(-n3c4ccccc4c4ccccc43)n2)cc1. The third-order valence-electron chi connectivity index (χ3n) is 25.9. The van der Waals surface area contributed by atoms with Gasteiger partial charge in [0, 0.05) is 148 Å². The number of para-hydroxylation sites is 11. The molecule has 141 heavy (non-hydrogen) atoms. The second-order valence-corrected chi connectivity index (χ2v) is 37.5. The summed E-state index contributed by atoms with van der Waals surface area (Å²) >= 11 is 5.22. The van der Waals surface area contributed by atoms with Crippen LogP contribution in [0.4, 0.5) is 0 Å². The third-order valence-corrected chi connectivity index (χ3v) is 29.3. The van der Waals surface area contributed by atoms with E-state index >= 15 is 0 Å². The van der Waals surface area contributed by atoms with Gasteiger partial charge in [-0.15, -0.1) is 34.0 Å². The molecule has 0 fully saturated rings. The molecule has 0 amide bonds. The van der Waals surface area contributed by atoms with Crippen molar-refractivity contribution >= 4 is 194 Å². The van der Waals surface area contributed by atoms with Crippen LogP contribution in [0.15, 0.2) is 429 Å². The molecule has 18 nitrogen and oxygen atoms in total.